The lowest BCUT2D eigenvalue weighted by Gasteiger charge is -2.17. The fourth-order valence-electron chi connectivity index (χ4n) is 2.64. The molecule has 1 fully saturated rings. The average Bonchev–Trinajstić information content (AvgIpc) is 3.14. The molecule has 0 radical (unpaired) electrons. The number of ketones is 1. The molecule has 1 aromatic carbocycles. The van der Waals surface area contributed by atoms with Gasteiger partial charge in [0.2, 0.25) is 11.7 Å². The number of Topliss-reactive ketones (excluding diaryl/α,β-unsaturated/α-hetero) is 1. The minimum Gasteiger partial charge on any atom is -0.344 e. The number of aromatic nitrogens is 2. The molecule has 2 aromatic rings. The van der Waals surface area contributed by atoms with E-state index < -0.39 is 11.8 Å². The third-order valence-electron chi connectivity index (χ3n) is 4.09. The fraction of sp³-hybridized carbons (Fsp3) is 0.263. The molecule has 2 heterocycles. The van der Waals surface area contributed by atoms with Crippen LogP contribution in [-0.2, 0) is 16.0 Å². The van der Waals surface area contributed by atoms with E-state index >= 15 is 0 Å². The number of likely N-dealkylation sites (N-methyl/N-ethyl adjacent to an activating group) is 1. The van der Waals surface area contributed by atoms with Crippen molar-refractivity contribution >= 4 is 35.9 Å². The van der Waals surface area contributed by atoms with Gasteiger partial charge in [-0.15, -0.1) is 11.8 Å². The molecule has 1 unspecified atom stereocenters. The van der Waals surface area contributed by atoms with Crippen LogP contribution < -0.4 is 10.2 Å². The van der Waals surface area contributed by atoms with Gasteiger partial charge in [-0.1, -0.05) is 30.3 Å². The van der Waals surface area contributed by atoms with E-state index in [1.54, 1.807) is 12.3 Å². The molecule has 7 heteroatoms. The topological polar surface area (TPSA) is 75.2 Å². The van der Waals surface area contributed by atoms with Gasteiger partial charge >= 0.3 is 0 Å². The second-order valence-corrected chi connectivity index (χ2v) is 6.98. The summed E-state index contributed by atoms with van der Waals surface area (Å²) in [6, 6.07) is 11.5. The highest BCUT2D eigenvalue weighted by molar-refractivity contribution is 8.03. The van der Waals surface area contributed by atoms with Crippen LogP contribution in [0.5, 0.6) is 0 Å². The van der Waals surface area contributed by atoms with Crippen molar-refractivity contribution < 1.29 is 9.59 Å². The molecule has 0 spiro atoms. The van der Waals surface area contributed by atoms with E-state index in [-0.39, 0.29) is 0 Å². The van der Waals surface area contributed by atoms with Gasteiger partial charge in [-0.3, -0.25) is 14.9 Å². The molecular weight excluding hydrogens is 348 g/mol. The zero-order valence-electron chi connectivity index (χ0n) is 14.5. The minimum atomic E-state index is -0.563. The van der Waals surface area contributed by atoms with Crippen molar-refractivity contribution in [2.75, 3.05) is 24.4 Å². The second kappa shape index (κ2) is 8.73. The van der Waals surface area contributed by atoms with Gasteiger partial charge in [0.1, 0.15) is 6.04 Å². The third kappa shape index (κ3) is 4.56. The maximum absolute atomic E-state index is 11.7. The molecule has 0 bridgehead atoms. The number of carbonyl (C=O) groups is 2. The Kier molecular flexibility index (Phi) is 6.14. The molecule has 134 valence electrons. The first-order chi connectivity index (χ1) is 12.7. The molecule has 0 amide bonds. The second-order valence-electron chi connectivity index (χ2n) is 5.93. The normalized spacial score (nSPS) is 18.0. The Morgan fingerprint density at radius 3 is 2.92 bits per heavy atom. The number of nitrogens with zero attached hydrogens (tertiary/aromatic N) is 3. The van der Waals surface area contributed by atoms with Gasteiger partial charge in [0.15, 0.2) is 6.29 Å². The summed E-state index contributed by atoms with van der Waals surface area (Å²) in [4.78, 5) is 34.2. The molecule has 3 rings (SSSR count). The van der Waals surface area contributed by atoms with E-state index in [0.717, 1.165) is 23.6 Å². The standard InChI is InChI=1S/C19H20N4O2S/c1-23(10-8-14-5-3-2-4-6-14)19-20-9-7-15(22-19)11-17-18(16(25)12-24)21-13-26-17/h2-7,9,11-12,18,21H,8,10,13H2,1H3/b17-11-. The highest BCUT2D eigenvalue weighted by Gasteiger charge is 2.27. The van der Waals surface area contributed by atoms with Crippen molar-refractivity contribution in [2.24, 2.45) is 0 Å². The molecule has 26 heavy (non-hydrogen) atoms. The minimum absolute atomic E-state index is 0.361. The van der Waals surface area contributed by atoms with Crippen LogP contribution in [0.1, 0.15) is 11.3 Å². The lowest BCUT2D eigenvalue weighted by atomic mass is 10.1. The van der Waals surface area contributed by atoms with Gasteiger partial charge in [0.25, 0.3) is 0 Å². The number of anilines is 1. The lowest BCUT2D eigenvalue weighted by Crippen LogP contribution is -2.32. The van der Waals surface area contributed by atoms with Gasteiger partial charge in [-0.25, -0.2) is 9.97 Å². The molecular formula is C19H20N4O2S. The predicted octanol–water partition coefficient (Wildman–Crippen LogP) is 1.93. The predicted molar refractivity (Wildman–Crippen MR) is 104 cm³/mol. The molecule has 1 saturated heterocycles. The first-order valence-electron chi connectivity index (χ1n) is 8.32. The highest BCUT2D eigenvalue weighted by atomic mass is 32.2. The quantitative estimate of drug-likeness (QED) is 0.591. The van der Waals surface area contributed by atoms with Crippen LogP contribution in [-0.4, -0.2) is 47.5 Å². The van der Waals surface area contributed by atoms with Crippen LogP contribution in [0.25, 0.3) is 6.08 Å². The molecule has 1 atom stereocenters. The monoisotopic (exact) mass is 368 g/mol. The van der Waals surface area contributed by atoms with Crippen LogP contribution in [0.15, 0.2) is 47.5 Å². The first kappa shape index (κ1) is 18.3. The summed E-state index contributed by atoms with van der Waals surface area (Å²) in [6.45, 7) is 0.798. The van der Waals surface area contributed by atoms with Crippen LogP contribution >= 0.6 is 11.8 Å². The number of benzene rings is 1. The highest BCUT2D eigenvalue weighted by Crippen LogP contribution is 2.27. The van der Waals surface area contributed by atoms with E-state index in [4.69, 9.17) is 0 Å². The molecule has 0 aliphatic carbocycles. The van der Waals surface area contributed by atoms with Crippen molar-refractivity contribution in [3.05, 3.63) is 58.8 Å². The van der Waals surface area contributed by atoms with E-state index in [1.165, 1.54) is 17.3 Å². The number of hydrogen-bond acceptors (Lipinski definition) is 7. The van der Waals surface area contributed by atoms with E-state index in [2.05, 4.69) is 27.4 Å². The van der Waals surface area contributed by atoms with Crippen molar-refractivity contribution in [3.63, 3.8) is 0 Å². The summed E-state index contributed by atoms with van der Waals surface area (Å²) in [5.74, 6) is 0.769. The molecule has 1 aliphatic heterocycles. The summed E-state index contributed by atoms with van der Waals surface area (Å²) in [5.41, 5.74) is 1.98. The van der Waals surface area contributed by atoms with Gasteiger partial charge in [-0.05, 0) is 24.1 Å². The Bertz CT molecular complexity index is 810. The maximum Gasteiger partial charge on any atom is 0.225 e. The number of rotatable bonds is 7. The third-order valence-corrected chi connectivity index (χ3v) is 5.08. The van der Waals surface area contributed by atoms with Crippen LogP contribution in [0.4, 0.5) is 5.95 Å². The molecule has 0 saturated carbocycles. The van der Waals surface area contributed by atoms with Gasteiger partial charge in [0, 0.05) is 30.6 Å². The molecule has 6 nitrogen and oxygen atoms in total. The zero-order chi connectivity index (χ0) is 18.4. The SMILES string of the molecule is CN(CCc1ccccc1)c1nccc(/C=C2\SCNC2C(=O)C=O)n1. The van der Waals surface area contributed by atoms with Gasteiger partial charge < -0.3 is 4.90 Å². The van der Waals surface area contributed by atoms with Crippen LogP contribution in [0.3, 0.4) is 0 Å². The molecule has 1 N–H and O–H groups in total. The number of nitrogens with one attached hydrogen (secondary N) is 1. The Balaban J connectivity index is 1.70. The Morgan fingerprint density at radius 1 is 1.35 bits per heavy atom. The number of carbonyl (C=O) groups excluding carboxylic acids is 2. The van der Waals surface area contributed by atoms with E-state index in [0.29, 0.717) is 18.1 Å². The molecule has 1 aromatic heterocycles. The van der Waals surface area contributed by atoms with Crippen LogP contribution in [0.2, 0.25) is 0 Å². The molecule has 1 aliphatic rings. The van der Waals surface area contributed by atoms with E-state index in [1.807, 2.05) is 36.2 Å². The smallest absolute Gasteiger partial charge is 0.225 e. The Morgan fingerprint density at radius 2 is 2.15 bits per heavy atom. The average molecular weight is 368 g/mol. The van der Waals surface area contributed by atoms with Gasteiger partial charge in [-0.2, -0.15) is 0 Å². The number of hydrogen-bond donors (Lipinski definition) is 1. The van der Waals surface area contributed by atoms with Gasteiger partial charge in [0.05, 0.1) is 5.69 Å². The summed E-state index contributed by atoms with van der Waals surface area (Å²) in [5, 5.41) is 3.01. The van der Waals surface area contributed by atoms with Crippen molar-refractivity contribution in [3.8, 4) is 0 Å². The fourth-order valence-corrected chi connectivity index (χ4v) is 3.63. The maximum atomic E-state index is 11.7. The van der Waals surface area contributed by atoms with Crippen molar-refractivity contribution in [1.82, 2.24) is 15.3 Å². The van der Waals surface area contributed by atoms with Crippen molar-refractivity contribution in [2.45, 2.75) is 12.5 Å². The number of thioether (sulfide) groups is 1. The zero-order valence-corrected chi connectivity index (χ0v) is 15.3. The summed E-state index contributed by atoms with van der Waals surface area (Å²) in [7, 11) is 1.96. The van der Waals surface area contributed by atoms with E-state index in [9.17, 15) is 9.59 Å². The van der Waals surface area contributed by atoms with Crippen molar-refractivity contribution in [1.29, 1.82) is 0 Å². The summed E-state index contributed by atoms with van der Waals surface area (Å²) >= 11 is 1.51. The largest absolute Gasteiger partial charge is 0.344 e. The lowest BCUT2D eigenvalue weighted by molar-refractivity contribution is -0.130. The Hall–Kier alpha value is -2.51. The first-order valence-corrected chi connectivity index (χ1v) is 9.31. The Labute approximate surface area is 156 Å². The summed E-state index contributed by atoms with van der Waals surface area (Å²) < 4.78 is 0. The van der Waals surface area contributed by atoms with Crippen LogP contribution in [0, 0.1) is 0 Å². The summed E-state index contributed by atoms with van der Waals surface area (Å²) in [6.07, 6.45) is 4.81. The number of aldehydes is 1.